The zero-order valence-electron chi connectivity index (χ0n) is 12.5. The second-order valence-electron chi connectivity index (χ2n) is 4.72. The molecule has 126 valence electrons. The summed E-state index contributed by atoms with van der Waals surface area (Å²) in [6.07, 6.45) is 0.600. The van der Waals surface area contributed by atoms with E-state index in [1.165, 1.54) is 0 Å². The van der Waals surface area contributed by atoms with Gasteiger partial charge in [-0.3, -0.25) is 4.79 Å². The van der Waals surface area contributed by atoms with E-state index in [0.717, 1.165) is 5.56 Å². The average Bonchev–Trinajstić information content (AvgIpc) is 2.58. The molecule has 1 amide bonds. The lowest BCUT2D eigenvalue weighted by atomic mass is 10.1. The van der Waals surface area contributed by atoms with E-state index in [0.29, 0.717) is 17.2 Å². The number of halogens is 4. The lowest BCUT2D eigenvalue weighted by Crippen LogP contribution is -2.29. The standard InChI is InChI=1S/C15H12Cl4N4O/c1-2-9(7-3-5-8(16)6-4-7)22-23-15(24)13-10(17)12(20)11(18)14(19)21-13/h3-6H,2H2,1H3,(H2,20,21)(H,23,24)/p+1/b22-9+. The molecule has 0 unspecified atom stereocenters. The fourth-order valence-electron chi connectivity index (χ4n) is 1.89. The van der Waals surface area contributed by atoms with Crippen LogP contribution in [-0.2, 0) is 0 Å². The van der Waals surface area contributed by atoms with E-state index in [4.69, 9.17) is 52.1 Å². The van der Waals surface area contributed by atoms with Gasteiger partial charge in [0.05, 0.1) is 11.4 Å². The number of carbonyl (C=O) groups is 1. The molecule has 5 nitrogen and oxygen atoms in total. The predicted molar refractivity (Wildman–Crippen MR) is 98.2 cm³/mol. The van der Waals surface area contributed by atoms with Crippen LogP contribution < -0.4 is 16.1 Å². The topological polar surface area (TPSA) is 81.6 Å². The van der Waals surface area contributed by atoms with E-state index in [2.05, 4.69) is 15.5 Å². The first-order valence-electron chi connectivity index (χ1n) is 6.83. The number of hydrogen-bond donors (Lipinski definition) is 2. The first-order valence-corrected chi connectivity index (χ1v) is 8.34. The zero-order chi connectivity index (χ0) is 17.9. The molecular weight excluding hydrogens is 394 g/mol. The Bertz CT molecular complexity index is 806. The molecule has 0 fully saturated rings. The third kappa shape index (κ3) is 4.11. The first kappa shape index (κ1) is 18.8. The van der Waals surface area contributed by atoms with Crippen molar-refractivity contribution in [3.63, 3.8) is 0 Å². The monoisotopic (exact) mass is 405 g/mol. The lowest BCUT2D eigenvalue weighted by Gasteiger charge is -2.06. The number of nitrogens with zero attached hydrogens (tertiary/aromatic N) is 1. The highest BCUT2D eigenvalue weighted by atomic mass is 35.5. The van der Waals surface area contributed by atoms with Crippen molar-refractivity contribution < 1.29 is 9.78 Å². The number of nitrogens with one attached hydrogen (secondary N) is 2. The van der Waals surface area contributed by atoms with Crippen molar-refractivity contribution in [3.05, 3.63) is 55.7 Å². The molecule has 24 heavy (non-hydrogen) atoms. The van der Waals surface area contributed by atoms with Crippen LogP contribution in [0.5, 0.6) is 0 Å². The molecule has 2 rings (SSSR count). The number of H-pyrrole nitrogens is 1. The Labute approximate surface area is 158 Å². The van der Waals surface area contributed by atoms with Crippen LogP contribution in [0.25, 0.3) is 0 Å². The SMILES string of the molecule is CC/C(=N\NC(=O)c1[nH+]c(Cl)c(Cl)c(N)c1Cl)c1ccc(Cl)cc1. The number of nitrogen functional groups attached to an aromatic ring is 1. The van der Waals surface area contributed by atoms with E-state index >= 15 is 0 Å². The number of carbonyl (C=O) groups excluding carboxylic acids is 1. The fourth-order valence-corrected chi connectivity index (χ4v) is 2.63. The van der Waals surface area contributed by atoms with Gasteiger partial charge in [0, 0.05) is 5.02 Å². The number of aromatic nitrogens is 1. The van der Waals surface area contributed by atoms with Crippen LogP contribution in [-0.4, -0.2) is 11.6 Å². The van der Waals surface area contributed by atoms with Gasteiger partial charge in [-0.1, -0.05) is 53.9 Å². The normalized spacial score (nSPS) is 11.5. The van der Waals surface area contributed by atoms with Gasteiger partial charge in [0.25, 0.3) is 10.8 Å². The molecule has 0 aliphatic heterocycles. The van der Waals surface area contributed by atoms with Crippen molar-refractivity contribution in [1.82, 2.24) is 5.43 Å². The number of aromatic amines is 1. The quantitative estimate of drug-likeness (QED) is 0.452. The molecule has 0 saturated carbocycles. The van der Waals surface area contributed by atoms with Crippen LogP contribution in [0.2, 0.25) is 20.2 Å². The highest BCUT2D eigenvalue weighted by Gasteiger charge is 2.26. The molecule has 0 spiro atoms. The molecule has 0 saturated heterocycles. The molecule has 1 heterocycles. The van der Waals surface area contributed by atoms with E-state index in [1.54, 1.807) is 12.1 Å². The maximum atomic E-state index is 12.3. The van der Waals surface area contributed by atoms with Gasteiger partial charge < -0.3 is 5.73 Å². The molecule has 2 aromatic rings. The largest absolute Gasteiger partial charge is 0.396 e. The average molecular weight is 407 g/mol. The summed E-state index contributed by atoms with van der Waals surface area (Å²) in [4.78, 5) is 14.9. The van der Waals surface area contributed by atoms with Crippen LogP contribution in [0.1, 0.15) is 29.4 Å². The van der Waals surface area contributed by atoms with Gasteiger partial charge in [0.2, 0.25) is 0 Å². The number of rotatable bonds is 4. The van der Waals surface area contributed by atoms with Crippen molar-refractivity contribution >= 4 is 63.7 Å². The number of pyridine rings is 1. The maximum absolute atomic E-state index is 12.3. The summed E-state index contributed by atoms with van der Waals surface area (Å²) in [5.74, 6) is -0.592. The van der Waals surface area contributed by atoms with Gasteiger partial charge in [-0.2, -0.15) is 10.1 Å². The Morgan fingerprint density at radius 2 is 1.79 bits per heavy atom. The van der Waals surface area contributed by atoms with Crippen LogP contribution >= 0.6 is 46.4 Å². The second kappa shape index (κ2) is 8.03. The van der Waals surface area contributed by atoms with Gasteiger partial charge in [0.1, 0.15) is 10.0 Å². The van der Waals surface area contributed by atoms with Gasteiger partial charge in [-0.15, -0.1) is 0 Å². The first-order chi connectivity index (χ1) is 11.3. The summed E-state index contributed by atoms with van der Waals surface area (Å²) in [7, 11) is 0. The van der Waals surface area contributed by atoms with Crippen LogP contribution in [0.15, 0.2) is 29.4 Å². The summed E-state index contributed by atoms with van der Waals surface area (Å²) < 4.78 is 0. The third-order valence-corrected chi connectivity index (χ3v) is 4.57. The second-order valence-corrected chi connectivity index (χ2v) is 6.29. The van der Waals surface area contributed by atoms with Crippen LogP contribution in [0, 0.1) is 0 Å². The lowest BCUT2D eigenvalue weighted by molar-refractivity contribution is -0.379. The van der Waals surface area contributed by atoms with Crippen LogP contribution in [0.3, 0.4) is 0 Å². The van der Waals surface area contributed by atoms with E-state index < -0.39 is 5.91 Å². The number of nitrogens with two attached hydrogens (primary N) is 1. The summed E-state index contributed by atoms with van der Waals surface area (Å²) in [6, 6.07) is 7.11. The van der Waals surface area contributed by atoms with Crippen molar-refractivity contribution in [2.45, 2.75) is 13.3 Å². The minimum atomic E-state index is -0.592. The van der Waals surface area contributed by atoms with Crippen molar-refractivity contribution in [2.75, 3.05) is 5.73 Å². The number of amides is 1. The summed E-state index contributed by atoms with van der Waals surface area (Å²) >= 11 is 23.6. The van der Waals surface area contributed by atoms with Gasteiger partial charge in [-0.25, -0.2) is 5.43 Å². The molecule has 1 aromatic carbocycles. The van der Waals surface area contributed by atoms with E-state index in [9.17, 15) is 4.79 Å². The van der Waals surface area contributed by atoms with Crippen molar-refractivity contribution in [3.8, 4) is 0 Å². The highest BCUT2D eigenvalue weighted by molar-refractivity contribution is 6.45. The predicted octanol–water partition coefficient (Wildman–Crippen LogP) is 4.24. The Kier molecular flexibility index (Phi) is 6.29. The Morgan fingerprint density at radius 1 is 1.17 bits per heavy atom. The molecule has 4 N–H and O–H groups in total. The van der Waals surface area contributed by atoms with Gasteiger partial charge >= 0.3 is 5.91 Å². The van der Waals surface area contributed by atoms with Crippen molar-refractivity contribution in [2.24, 2.45) is 5.10 Å². The fraction of sp³-hybridized carbons (Fsp3) is 0.133. The highest BCUT2D eigenvalue weighted by Crippen LogP contribution is 2.31. The molecular formula is C15H13Cl4N4O+. The van der Waals surface area contributed by atoms with E-state index in [1.807, 2.05) is 19.1 Å². The Morgan fingerprint density at radius 3 is 2.38 bits per heavy atom. The Balaban J connectivity index is 2.27. The van der Waals surface area contributed by atoms with Crippen LogP contribution in [0.4, 0.5) is 5.69 Å². The number of hydrogen-bond acceptors (Lipinski definition) is 3. The summed E-state index contributed by atoms with van der Waals surface area (Å²) in [5, 5.41) is 4.78. The maximum Gasteiger partial charge on any atom is 0.337 e. The van der Waals surface area contributed by atoms with Crippen molar-refractivity contribution in [1.29, 1.82) is 0 Å². The molecule has 0 bridgehead atoms. The van der Waals surface area contributed by atoms with Gasteiger partial charge in [0.15, 0.2) is 0 Å². The minimum absolute atomic E-state index is 0.0149. The molecule has 0 radical (unpaired) electrons. The summed E-state index contributed by atoms with van der Waals surface area (Å²) in [5.41, 5.74) is 9.63. The number of anilines is 1. The summed E-state index contributed by atoms with van der Waals surface area (Å²) in [6.45, 7) is 1.91. The number of benzene rings is 1. The minimum Gasteiger partial charge on any atom is -0.396 e. The zero-order valence-corrected chi connectivity index (χ0v) is 15.5. The molecule has 0 aliphatic rings. The molecule has 1 aromatic heterocycles. The van der Waals surface area contributed by atoms with Gasteiger partial charge in [-0.05, 0) is 35.7 Å². The molecule has 0 aliphatic carbocycles. The molecule has 0 atom stereocenters. The smallest absolute Gasteiger partial charge is 0.337 e. The number of hydrazone groups is 1. The third-order valence-electron chi connectivity index (χ3n) is 3.15. The Hall–Kier alpha value is -1.53. The van der Waals surface area contributed by atoms with E-state index in [-0.39, 0.29) is 26.6 Å². The molecule has 9 heteroatoms.